The van der Waals surface area contributed by atoms with Gasteiger partial charge >= 0.3 is 0 Å². The van der Waals surface area contributed by atoms with Gasteiger partial charge in [0.05, 0.1) is 21.8 Å². The summed E-state index contributed by atoms with van der Waals surface area (Å²) in [6.07, 6.45) is 7.94. The Hall–Kier alpha value is -2.74. The number of aryl methyl sites for hydroxylation is 1. The highest BCUT2D eigenvalue weighted by atomic mass is 32.2. The normalized spacial score (nSPS) is 14.1. The summed E-state index contributed by atoms with van der Waals surface area (Å²) >= 11 is 1.01. The first-order valence-electron chi connectivity index (χ1n) is 8.15. The quantitative estimate of drug-likeness (QED) is 0.565. The van der Waals surface area contributed by atoms with Crippen molar-refractivity contribution in [1.29, 1.82) is 0 Å². The van der Waals surface area contributed by atoms with Crippen LogP contribution >= 0.6 is 11.3 Å². The Morgan fingerprint density at radius 1 is 1.37 bits per heavy atom. The summed E-state index contributed by atoms with van der Waals surface area (Å²) in [6, 6.07) is 5.01. The molecule has 8 nitrogen and oxygen atoms in total. The maximum Gasteiger partial charge on any atom is 0.247 e. The number of hydrogen-bond acceptors (Lipinski definition) is 7. The number of thiophene rings is 1. The summed E-state index contributed by atoms with van der Waals surface area (Å²) < 4.78 is 23.1. The number of H-pyrrole nitrogens is 1. The second kappa shape index (κ2) is 6.45. The first-order chi connectivity index (χ1) is 12.8. The Morgan fingerprint density at radius 3 is 2.78 bits per heavy atom. The average molecular weight is 400 g/mol. The molecule has 0 amide bonds. The Morgan fingerprint density at radius 2 is 2.15 bits per heavy atom. The van der Waals surface area contributed by atoms with E-state index in [0.717, 1.165) is 29.9 Å². The maximum atomic E-state index is 11.5. The van der Waals surface area contributed by atoms with Crippen LogP contribution < -0.4 is 10.5 Å². The van der Waals surface area contributed by atoms with Crippen molar-refractivity contribution in [2.45, 2.75) is 29.9 Å². The van der Waals surface area contributed by atoms with E-state index in [4.69, 9.17) is 11.6 Å². The largest absolute Gasteiger partial charge is 0.324 e. The topological polar surface area (TPSA) is 127 Å². The Labute approximate surface area is 160 Å². The van der Waals surface area contributed by atoms with Crippen LogP contribution in [0, 0.1) is 19.3 Å². The molecule has 4 N–H and O–H groups in total. The van der Waals surface area contributed by atoms with Gasteiger partial charge in [-0.25, -0.2) is 23.5 Å². The molecule has 4 rings (SSSR count). The lowest BCUT2D eigenvalue weighted by molar-refractivity contribution is 0.600. The van der Waals surface area contributed by atoms with Gasteiger partial charge in [0.2, 0.25) is 10.0 Å². The fourth-order valence-electron chi connectivity index (χ4n) is 2.66. The maximum absolute atomic E-state index is 11.5. The van der Waals surface area contributed by atoms with Crippen LogP contribution in [0.1, 0.15) is 35.7 Å². The molecule has 0 radical (unpaired) electrons. The fourth-order valence-corrected chi connectivity index (χ4v) is 4.32. The van der Waals surface area contributed by atoms with Crippen LogP contribution in [0.25, 0.3) is 10.7 Å². The highest BCUT2D eigenvalue weighted by molar-refractivity contribution is 7.91. The van der Waals surface area contributed by atoms with E-state index in [1.165, 1.54) is 6.07 Å². The zero-order valence-corrected chi connectivity index (χ0v) is 16.0. The van der Waals surface area contributed by atoms with Gasteiger partial charge in [-0.1, -0.05) is 5.92 Å². The van der Waals surface area contributed by atoms with Gasteiger partial charge in [-0.2, -0.15) is 5.10 Å². The SMILES string of the molecule is C#Cc1c(C)nc(-c2ccc(S(N)(=O)=O)s2)nc1Nc1cc(C2CC2)n[nH]1. The molecule has 0 unspecified atom stereocenters. The molecule has 0 aromatic carbocycles. The minimum atomic E-state index is -3.77. The molecular weight excluding hydrogens is 384 g/mol. The van der Waals surface area contributed by atoms with Crippen LogP contribution in [0.15, 0.2) is 22.4 Å². The Balaban J connectivity index is 1.72. The van der Waals surface area contributed by atoms with E-state index in [-0.39, 0.29) is 4.21 Å². The molecule has 0 spiro atoms. The number of hydrogen-bond donors (Lipinski definition) is 3. The third-order valence-corrected chi connectivity index (χ3v) is 6.68. The first kappa shape index (κ1) is 17.7. The predicted octanol–water partition coefficient (Wildman–Crippen LogP) is 2.49. The number of anilines is 2. The summed E-state index contributed by atoms with van der Waals surface area (Å²) in [5.74, 6) is 4.64. The number of terminal acetylenes is 1. The summed E-state index contributed by atoms with van der Waals surface area (Å²) in [7, 11) is -3.77. The van der Waals surface area contributed by atoms with Crippen LogP contribution in [-0.2, 0) is 10.0 Å². The average Bonchev–Trinajstić information content (AvgIpc) is 3.14. The third-order valence-electron chi connectivity index (χ3n) is 4.16. The lowest BCUT2D eigenvalue weighted by atomic mass is 10.2. The summed E-state index contributed by atoms with van der Waals surface area (Å²) in [5, 5.41) is 15.6. The standard InChI is InChI=1S/C17H16N6O2S2/c1-3-11-9(2)19-17(13-6-7-15(26-13)27(18,24)25)21-16(11)20-14-8-12(22-23-14)10-4-5-10/h1,6-8,10H,4-5H2,2H3,(H2,18,24,25)(H2,19,20,21,22,23). The number of nitrogens with one attached hydrogen (secondary N) is 2. The molecule has 3 aromatic rings. The second-order valence-electron chi connectivity index (χ2n) is 6.27. The molecule has 27 heavy (non-hydrogen) atoms. The first-order valence-corrected chi connectivity index (χ1v) is 10.5. The number of aromatic nitrogens is 4. The minimum absolute atomic E-state index is 0.0527. The van der Waals surface area contributed by atoms with Gasteiger partial charge in [-0.05, 0) is 31.9 Å². The number of primary sulfonamides is 1. The monoisotopic (exact) mass is 400 g/mol. The van der Waals surface area contributed by atoms with Crippen LogP contribution in [0.4, 0.5) is 11.6 Å². The number of aromatic amines is 1. The van der Waals surface area contributed by atoms with E-state index in [1.54, 1.807) is 13.0 Å². The van der Waals surface area contributed by atoms with Gasteiger partial charge in [0.1, 0.15) is 10.0 Å². The van der Waals surface area contributed by atoms with Crippen molar-refractivity contribution >= 4 is 33.0 Å². The molecule has 0 atom stereocenters. The molecule has 3 heterocycles. The zero-order chi connectivity index (χ0) is 19.2. The van der Waals surface area contributed by atoms with Gasteiger partial charge in [0.25, 0.3) is 0 Å². The van der Waals surface area contributed by atoms with E-state index in [0.29, 0.717) is 39.5 Å². The number of rotatable bonds is 5. The molecule has 0 saturated heterocycles. The molecule has 0 bridgehead atoms. The molecular formula is C17H16N6O2S2. The van der Waals surface area contributed by atoms with E-state index in [1.807, 2.05) is 6.07 Å². The van der Waals surface area contributed by atoms with Crippen molar-refractivity contribution in [2.75, 3.05) is 5.32 Å². The van der Waals surface area contributed by atoms with E-state index in [9.17, 15) is 8.42 Å². The fraction of sp³-hybridized carbons (Fsp3) is 0.235. The van der Waals surface area contributed by atoms with Gasteiger partial charge in [0.15, 0.2) is 11.6 Å². The molecule has 1 fully saturated rings. The molecule has 0 aliphatic heterocycles. The van der Waals surface area contributed by atoms with E-state index < -0.39 is 10.0 Å². The number of nitrogens with two attached hydrogens (primary N) is 1. The highest BCUT2D eigenvalue weighted by Gasteiger charge is 2.26. The van der Waals surface area contributed by atoms with Crippen molar-refractivity contribution in [3.63, 3.8) is 0 Å². The van der Waals surface area contributed by atoms with Gasteiger partial charge < -0.3 is 5.32 Å². The second-order valence-corrected chi connectivity index (χ2v) is 9.14. The molecule has 1 aliphatic carbocycles. The molecule has 138 valence electrons. The van der Waals surface area contributed by atoms with Crippen molar-refractivity contribution in [2.24, 2.45) is 5.14 Å². The van der Waals surface area contributed by atoms with E-state index in [2.05, 4.69) is 31.4 Å². The summed E-state index contributed by atoms with van der Waals surface area (Å²) in [4.78, 5) is 9.49. The van der Waals surface area contributed by atoms with Crippen LogP contribution in [0.3, 0.4) is 0 Å². The lowest BCUT2D eigenvalue weighted by Gasteiger charge is -2.09. The number of nitrogens with zero attached hydrogens (tertiary/aromatic N) is 3. The van der Waals surface area contributed by atoms with Gasteiger partial charge in [-0.15, -0.1) is 17.8 Å². The van der Waals surface area contributed by atoms with Gasteiger partial charge in [0, 0.05) is 12.0 Å². The van der Waals surface area contributed by atoms with Crippen LogP contribution in [-0.4, -0.2) is 28.6 Å². The third kappa shape index (κ3) is 3.57. The minimum Gasteiger partial charge on any atom is -0.324 e. The van der Waals surface area contributed by atoms with Crippen molar-refractivity contribution < 1.29 is 8.42 Å². The van der Waals surface area contributed by atoms with Gasteiger partial charge in [-0.3, -0.25) is 5.10 Å². The predicted molar refractivity (Wildman–Crippen MR) is 103 cm³/mol. The van der Waals surface area contributed by atoms with Crippen molar-refractivity contribution in [1.82, 2.24) is 20.2 Å². The summed E-state index contributed by atoms with van der Waals surface area (Å²) in [5.41, 5.74) is 2.16. The highest BCUT2D eigenvalue weighted by Crippen LogP contribution is 2.39. The van der Waals surface area contributed by atoms with Crippen molar-refractivity contribution in [3.05, 3.63) is 35.2 Å². The van der Waals surface area contributed by atoms with E-state index >= 15 is 0 Å². The Bertz CT molecular complexity index is 1170. The molecule has 1 saturated carbocycles. The summed E-state index contributed by atoms with van der Waals surface area (Å²) in [6.45, 7) is 1.78. The zero-order valence-electron chi connectivity index (χ0n) is 14.4. The lowest BCUT2D eigenvalue weighted by Crippen LogP contribution is -2.09. The Kier molecular flexibility index (Phi) is 4.22. The van der Waals surface area contributed by atoms with Crippen LogP contribution in [0.5, 0.6) is 0 Å². The molecule has 1 aliphatic rings. The number of sulfonamides is 1. The van der Waals surface area contributed by atoms with Crippen molar-refractivity contribution in [3.8, 4) is 23.0 Å². The van der Waals surface area contributed by atoms with Crippen LogP contribution in [0.2, 0.25) is 0 Å². The molecule has 10 heteroatoms. The molecule has 3 aromatic heterocycles. The smallest absolute Gasteiger partial charge is 0.247 e.